The number of hydrogen-bond donors (Lipinski definition) is 1. The van der Waals surface area contributed by atoms with E-state index in [4.69, 9.17) is 14.2 Å². The first-order valence-corrected chi connectivity index (χ1v) is 11.5. The molecule has 2 saturated carbocycles. The number of carbonyl (C=O) groups excluding carboxylic acids is 2. The summed E-state index contributed by atoms with van der Waals surface area (Å²) in [6.45, 7) is 5.57. The Bertz CT molecular complexity index is 849. The fourth-order valence-electron chi connectivity index (χ4n) is 6.87. The van der Waals surface area contributed by atoms with Crippen LogP contribution in [0.5, 0.6) is 0 Å². The molecule has 28 heavy (non-hydrogen) atoms. The summed E-state index contributed by atoms with van der Waals surface area (Å²) in [4.78, 5) is 25.3. The van der Waals surface area contributed by atoms with Crippen molar-refractivity contribution in [3.05, 3.63) is 11.6 Å². The van der Waals surface area contributed by atoms with E-state index in [0.717, 1.165) is 24.8 Å². The molecule has 1 N–H and O–H groups in total. The monoisotopic (exact) mass is 410 g/mol. The Morgan fingerprint density at radius 1 is 1.25 bits per heavy atom. The van der Waals surface area contributed by atoms with Gasteiger partial charge in [-0.3, -0.25) is 9.00 Å². The standard InChI is InChI=1S/C20H26O7S/c1-17-6-5-7-18(2)13(17)12(26-16(18)22)14-20(27-14)10(17)8-11(21)25-15(20)19(3,23)9-28(4)24/h8,12-15,23H,5-7,9H2,1-4H3/t12-,13+,14+,15+,17+,18-,19-,20-,28+/m0/s1. The van der Waals surface area contributed by atoms with E-state index >= 15 is 0 Å². The summed E-state index contributed by atoms with van der Waals surface area (Å²) in [6, 6.07) is 0. The van der Waals surface area contributed by atoms with Gasteiger partial charge in [-0.05, 0) is 37.7 Å². The van der Waals surface area contributed by atoms with Gasteiger partial charge in [-0.2, -0.15) is 0 Å². The van der Waals surface area contributed by atoms with E-state index in [-0.39, 0.29) is 17.6 Å². The number of fused-ring (bicyclic) bond motifs is 2. The second kappa shape index (κ2) is 5.26. The minimum atomic E-state index is -1.53. The third-order valence-corrected chi connectivity index (χ3v) is 8.76. The van der Waals surface area contributed by atoms with Gasteiger partial charge in [0.15, 0.2) is 11.7 Å². The highest BCUT2D eigenvalue weighted by Gasteiger charge is 2.84. The van der Waals surface area contributed by atoms with E-state index in [1.165, 1.54) is 19.3 Å². The Hall–Kier alpha value is -1.25. The van der Waals surface area contributed by atoms with Crippen LogP contribution in [0.1, 0.15) is 40.0 Å². The molecule has 154 valence electrons. The van der Waals surface area contributed by atoms with E-state index in [1.54, 1.807) is 0 Å². The molecule has 3 heterocycles. The Kier molecular flexibility index (Phi) is 3.53. The molecule has 0 aromatic heterocycles. The van der Waals surface area contributed by atoms with Gasteiger partial charge in [0.05, 0.1) is 11.2 Å². The largest absolute Gasteiger partial charge is 0.459 e. The number of esters is 2. The predicted molar refractivity (Wildman–Crippen MR) is 98.6 cm³/mol. The Morgan fingerprint density at radius 3 is 2.61 bits per heavy atom. The van der Waals surface area contributed by atoms with Crippen molar-refractivity contribution in [2.75, 3.05) is 12.0 Å². The lowest BCUT2D eigenvalue weighted by Crippen LogP contribution is -2.64. The molecule has 8 heteroatoms. The molecule has 1 spiro atoms. The summed E-state index contributed by atoms with van der Waals surface area (Å²) < 4.78 is 29.5. The number of epoxide rings is 1. The van der Waals surface area contributed by atoms with Gasteiger partial charge in [-0.15, -0.1) is 0 Å². The molecule has 0 radical (unpaired) electrons. The zero-order valence-electron chi connectivity index (χ0n) is 16.5. The van der Waals surface area contributed by atoms with Crippen LogP contribution >= 0.6 is 0 Å². The molecule has 2 saturated heterocycles. The molecule has 0 aromatic carbocycles. The molecule has 9 atom stereocenters. The highest BCUT2D eigenvalue weighted by atomic mass is 32.2. The van der Waals surface area contributed by atoms with Crippen LogP contribution in [0, 0.1) is 16.7 Å². The highest BCUT2D eigenvalue weighted by molar-refractivity contribution is 7.84. The molecule has 0 amide bonds. The Morgan fingerprint density at radius 2 is 1.93 bits per heavy atom. The van der Waals surface area contributed by atoms with Crippen LogP contribution in [0.25, 0.3) is 0 Å². The molecule has 0 unspecified atom stereocenters. The molecule has 4 fully saturated rings. The van der Waals surface area contributed by atoms with E-state index in [9.17, 15) is 18.9 Å². The van der Waals surface area contributed by atoms with Gasteiger partial charge in [0.1, 0.15) is 17.8 Å². The number of carbonyl (C=O) groups is 2. The van der Waals surface area contributed by atoms with Gasteiger partial charge in [-0.1, -0.05) is 13.3 Å². The van der Waals surface area contributed by atoms with Crippen molar-refractivity contribution in [1.82, 2.24) is 0 Å². The summed E-state index contributed by atoms with van der Waals surface area (Å²) in [5, 5.41) is 11.1. The number of ether oxygens (including phenoxy) is 3. The van der Waals surface area contributed by atoms with Crippen LogP contribution < -0.4 is 0 Å². The molecular weight excluding hydrogens is 384 g/mol. The topological polar surface area (TPSA) is 102 Å². The SMILES string of the molecule is C[S@@](=O)C[C@](C)(O)[C@H]1OC(=O)C=C2[C@@]13O[C@@H]3[C@H]1OC(=O)[C@@]3(C)CCC[C@@]2(C)[C@@H]13. The third-order valence-electron chi connectivity index (χ3n) is 7.77. The molecule has 2 aliphatic carbocycles. The maximum absolute atomic E-state index is 12.8. The van der Waals surface area contributed by atoms with E-state index < -0.39 is 57.1 Å². The summed E-state index contributed by atoms with van der Waals surface area (Å²) in [6.07, 6.45) is 3.53. The molecule has 7 nitrogen and oxygen atoms in total. The number of hydrogen-bond acceptors (Lipinski definition) is 7. The van der Waals surface area contributed by atoms with Crippen LogP contribution in [0.2, 0.25) is 0 Å². The van der Waals surface area contributed by atoms with Crippen molar-refractivity contribution in [3.63, 3.8) is 0 Å². The first-order valence-electron chi connectivity index (χ1n) is 9.81. The molecule has 3 aliphatic heterocycles. The van der Waals surface area contributed by atoms with Crippen LogP contribution in [0.4, 0.5) is 0 Å². The van der Waals surface area contributed by atoms with Crippen LogP contribution in [-0.2, 0) is 34.6 Å². The van der Waals surface area contributed by atoms with E-state index in [2.05, 4.69) is 6.92 Å². The fraction of sp³-hybridized carbons (Fsp3) is 0.800. The van der Waals surface area contributed by atoms with E-state index in [0.29, 0.717) is 0 Å². The third kappa shape index (κ3) is 2.04. The second-order valence-corrected chi connectivity index (χ2v) is 11.3. The van der Waals surface area contributed by atoms with Crippen LogP contribution in [0.3, 0.4) is 0 Å². The van der Waals surface area contributed by atoms with Gasteiger partial charge in [0.2, 0.25) is 0 Å². The second-order valence-electron chi connectivity index (χ2n) is 9.82. The van der Waals surface area contributed by atoms with Crippen molar-refractivity contribution in [1.29, 1.82) is 0 Å². The quantitative estimate of drug-likeness (QED) is 0.544. The van der Waals surface area contributed by atoms with Crippen molar-refractivity contribution < 1.29 is 33.1 Å². The summed E-state index contributed by atoms with van der Waals surface area (Å²) in [5.74, 6) is -0.856. The number of aliphatic hydroxyl groups is 1. The van der Waals surface area contributed by atoms with Gasteiger partial charge >= 0.3 is 11.9 Å². The first kappa shape index (κ1) is 18.8. The summed E-state index contributed by atoms with van der Waals surface area (Å²) >= 11 is 0. The minimum Gasteiger partial charge on any atom is -0.459 e. The molecule has 0 aromatic rings. The Labute approximate surface area is 166 Å². The lowest BCUT2D eigenvalue weighted by Gasteiger charge is -2.54. The van der Waals surface area contributed by atoms with Gasteiger partial charge in [0.25, 0.3) is 0 Å². The van der Waals surface area contributed by atoms with Crippen molar-refractivity contribution >= 4 is 22.7 Å². The van der Waals surface area contributed by atoms with Gasteiger partial charge in [0, 0.05) is 29.0 Å². The fourth-order valence-corrected chi connectivity index (χ4v) is 7.84. The van der Waals surface area contributed by atoms with Crippen molar-refractivity contribution in [3.8, 4) is 0 Å². The maximum atomic E-state index is 12.8. The smallest absolute Gasteiger partial charge is 0.331 e. The number of cyclic esters (lactones) is 1. The van der Waals surface area contributed by atoms with E-state index in [1.807, 2.05) is 6.92 Å². The average molecular weight is 410 g/mol. The zero-order chi connectivity index (χ0) is 20.3. The molecule has 5 rings (SSSR count). The van der Waals surface area contributed by atoms with Crippen molar-refractivity contribution in [2.24, 2.45) is 16.7 Å². The van der Waals surface area contributed by atoms with Crippen molar-refractivity contribution in [2.45, 2.75) is 69.5 Å². The first-order chi connectivity index (χ1) is 13.0. The lowest BCUT2D eigenvalue weighted by molar-refractivity contribution is -0.169. The zero-order valence-corrected chi connectivity index (χ0v) is 17.3. The van der Waals surface area contributed by atoms with Gasteiger partial charge < -0.3 is 19.3 Å². The summed E-state index contributed by atoms with van der Waals surface area (Å²) in [5.41, 5.74) is -2.81. The van der Waals surface area contributed by atoms with Crippen LogP contribution in [0.15, 0.2) is 11.6 Å². The van der Waals surface area contributed by atoms with Crippen LogP contribution in [-0.4, -0.2) is 62.8 Å². The average Bonchev–Trinajstić information content (AvgIpc) is 3.22. The highest BCUT2D eigenvalue weighted by Crippen LogP contribution is 2.73. The maximum Gasteiger partial charge on any atom is 0.331 e. The van der Waals surface area contributed by atoms with Gasteiger partial charge in [-0.25, -0.2) is 4.79 Å². The summed E-state index contributed by atoms with van der Waals surface area (Å²) in [7, 11) is -1.29. The molecular formula is C20H26O7S. The number of rotatable bonds is 3. The lowest BCUT2D eigenvalue weighted by atomic mass is 9.47. The molecule has 5 aliphatic rings. The molecule has 0 bridgehead atoms. The minimum absolute atomic E-state index is 0.0433. The predicted octanol–water partition coefficient (Wildman–Crippen LogP) is 0.857. The normalized spacial score (nSPS) is 51.5. The Balaban J connectivity index is 1.66.